The maximum absolute atomic E-state index is 6.22. The standard InChI is InChI=1S/C7H16ClNS/c1-10(2,8)9-6-4-3-5-7-9/h3-7H2,1-2H3. The zero-order valence-corrected chi connectivity index (χ0v) is 8.34. The Bertz CT molecular complexity index is 105. The largest absolute Gasteiger partial charge is 0.256 e. The zero-order chi connectivity index (χ0) is 7.61. The molecule has 0 unspecified atom stereocenters. The van der Waals surface area contributed by atoms with Crippen molar-refractivity contribution in [3.8, 4) is 0 Å². The van der Waals surface area contributed by atoms with E-state index < -0.39 is 9.43 Å². The van der Waals surface area contributed by atoms with Crippen molar-refractivity contribution in [2.75, 3.05) is 25.6 Å². The van der Waals surface area contributed by atoms with E-state index in [1.165, 1.54) is 32.4 Å². The Morgan fingerprint density at radius 2 is 1.60 bits per heavy atom. The van der Waals surface area contributed by atoms with Gasteiger partial charge in [0.1, 0.15) is 0 Å². The third-order valence-electron chi connectivity index (χ3n) is 1.93. The Hall–Kier alpha value is 0.600. The Balaban J connectivity index is 2.39. The van der Waals surface area contributed by atoms with E-state index in [0.717, 1.165) is 0 Å². The second-order valence-corrected chi connectivity index (χ2v) is 8.22. The summed E-state index contributed by atoms with van der Waals surface area (Å²) in [5, 5.41) is 0. The Morgan fingerprint density at radius 1 is 1.10 bits per heavy atom. The smallest absolute Gasteiger partial charge is 0.00845 e. The van der Waals surface area contributed by atoms with Gasteiger partial charge in [-0.3, -0.25) is 4.31 Å². The molecule has 0 amide bonds. The van der Waals surface area contributed by atoms with Crippen molar-refractivity contribution in [1.82, 2.24) is 4.31 Å². The third kappa shape index (κ3) is 2.33. The van der Waals surface area contributed by atoms with Gasteiger partial charge in [-0.1, -0.05) is 17.1 Å². The molecule has 3 heteroatoms. The molecule has 1 aliphatic heterocycles. The van der Waals surface area contributed by atoms with Gasteiger partial charge in [-0.15, -0.1) is 9.43 Å². The number of hydrogen-bond donors (Lipinski definition) is 0. The molecule has 0 aliphatic carbocycles. The highest BCUT2D eigenvalue weighted by Crippen LogP contribution is 2.50. The molecule has 1 heterocycles. The molecule has 0 aromatic heterocycles. The van der Waals surface area contributed by atoms with Gasteiger partial charge in [-0.25, -0.2) is 0 Å². The number of piperidine rings is 1. The second kappa shape index (κ2) is 3.33. The van der Waals surface area contributed by atoms with E-state index in [2.05, 4.69) is 16.8 Å². The highest BCUT2D eigenvalue weighted by atomic mass is 35.7. The lowest BCUT2D eigenvalue weighted by Gasteiger charge is -2.39. The van der Waals surface area contributed by atoms with Gasteiger partial charge in [-0.05, 0) is 25.4 Å². The van der Waals surface area contributed by atoms with Crippen LogP contribution >= 0.6 is 20.1 Å². The maximum Gasteiger partial charge on any atom is 0.00845 e. The fraction of sp³-hybridized carbons (Fsp3) is 1.00. The van der Waals surface area contributed by atoms with Gasteiger partial charge in [0, 0.05) is 13.1 Å². The molecule has 1 rings (SSSR count). The lowest BCUT2D eigenvalue weighted by Crippen LogP contribution is -2.29. The van der Waals surface area contributed by atoms with Crippen LogP contribution in [0.4, 0.5) is 0 Å². The summed E-state index contributed by atoms with van der Waals surface area (Å²) in [7, 11) is 5.30. The summed E-state index contributed by atoms with van der Waals surface area (Å²) in [6.07, 6.45) is 8.37. The first-order valence-corrected chi connectivity index (χ1v) is 7.02. The van der Waals surface area contributed by atoms with Crippen LogP contribution in [0, 0.1) is 0 Å². The van der Waals surface area contributed by atoms with E-state index in [-0.39, 0.29) is 0 Å². The highest BCUT2D eigenvalue weighted by Gasteiger charge is 2.20. The molecule has 0 atom stereocenters. The molecule has 1 nitrogen and oxygen atoms in total. The van der Waals surface area contributed by atoms with Gasteiger partial charge in [0.2, 0.25) is 0 Å². The molecule has 0 spiro atoms. The Kier molecular flexibility index (Phi) is 2.90. The van der Waals surface area contributed by atoms with Gasteiger partial charge in [0.15, 0.2) is 0 Å². The average Bonchev–Trinajstić information content (AvgIpc) is 1.88. The molecule has 62 valence electrons. The molecule has 1 aliphatic rings. The molecule has 0 aromatic rings. The molecule has 0 radical (unpaired) electrons. The van der Waals surface area contributed by atoms with Crippen molar-refractivity contribution in [2.45, 2.75) is 19.3 Å². The third-order valence-corrected chi connectivity index (χ3v) is 4.11. The van der Waals surface area contributed by atoms with Crippen LogP contribution in [0.25, 0.3) is 0 Å². The number of nitrogens with zero attached hydrogens (tertiary/aromatic N) is 1. The number of halogens is 1. The van der Waals surface area contributed by atoms with Crippen molar-refractivity contribution in [3.63, 3.8) is 0 Å². The van der Waals surface area contributed by atoms with Crippen molar-refractivity contribution in [3.05, 3.63) is 0 Å². The second-order valence-electron chi connectivity index (χ2n) is 3.14. The lowest BCUT2D eigenvalue weighted by atomic mass is 10.2. The topological polar surface area (TPSA) is 3.24 Å². The van der Waals surface area contributed by atoms with Gasteiger partial charge in [-0.2, -0.15) is 0 Å². The maximum atomic E-state index is 6.22. The minimum absolute atomic E-state index is 0.920. The molecule has 10 heavy (non-hydrogen) atoms. The monoisotopic (exact) mass is 181 g/mol. The van der Waals surface area contributed by atoms with Crippen LogP contribution in [0.3, 0.4) is 0 Å². The SMILES string of the molecule is CS(C)(Cl)N1CCCCC1. The van der Waals surface area contributed by atoms with Crippen LogP contribution in [0.2, 0.25) is 0 Å². The van der Waals surface area contributed by atoms with E-state index in [1.807, 2.05) is 0 Å². The summed E-state index contributed by atoms with van der Waals surface area (Å²) >= 11 is 0. The van der Waals surface area contributed by atoms with E-state index in [0.29, 0.717) is 0 Å². The molecular formula is C7H16ClNS. The lowest BCUT2D eigenvalue weighted by molar-refractivity contribution is 0.376. The summed E-state index contributed by atoms with van der Waals surface area (Å²) < 4.78 is 2.43. The van der Waals surface area contributed by atoms with Gasteiger partial charge >= 0.3 is 0 Å². The summed E-state index contributed by atoms with van der Waals surface area (Å²) in [5.74, 6) is 0. The Morgan fingerprint density at radius 3 is 1.90 bits per heavy atom. The summed E-state index contributed by atoms with van der Waals surface area (Å²) in [5.41, 5.74) is 0. The average molecular weight is 182 g/mol. The highest BCUT2D eigenvalue weighted by molar-refractivity contribution is 8.48. The van der Waals surface area contributed by atoms with E-state index in [4.69, 9.17) is 10.7 Å². The van der Waals surface area contributed by atoms with Gasteiger partial charge in [0.25, 0.3) is 0 Å². The molecule has 0 N–H and O–H groups in total. The molecule has 1 saturated heterocycles. The van der Waals surface area contributed by atoms with Crippen molar-refractivity contribution in [1.29, 1.82) is 0 Å². The van der Waals surface area contributed by atoms with E-state index in [1.54, 1.807) is 0 Å². The van der Waals surface area contributed by atoms with E-state index in [9.17, 15) is 0 Å². The van der Waals surface area contributed by atoms with Gasteiger partial charge in [0.05, 0.1) is 0 Å². The molecule has 0 saturated carbocycles. The summed E-state index contributed by atoms with van der Waals surface area (Å²) in [6.45, 7) is 2.43. The van der Waals surface area contributed by atoms with Crippen LogP contribution in [0.5, 0.6) is 0 Å². The number of rotatable bonds is 1. The summed E-state index contributed by atoms with van der Waals surface area (Å²) in [4.78, 5) is 0. The fourth-order valence-electron chi connectivity index (χ4n) is 1.30. The molecule has 0 bridgehead atoms. The fourth-order valence-corrected chi connectivity index (χ4v) is 2.84. The first-order valence-electron chi connectivity index (χ1n) is 3.79. The zero-order valence-electron chi connectivity index (χ0n) is 6.77. The van der Waals surface area contributed by atoms with Crippen LogP contribution in [-0.4, -0.2) is 29.9 Å². The molecule has 1 fully saturated rings. The van der Waals surface area contributed by atoms with Crippen LogP contribution in [0.15, 0.2) is 0 Å². The normalized spacial score (nSPS) is 24.7. The minimum Gasteiger partial charge on any atom is -0.256 e. The van der Waals surface area contributed by atoms with Crippen LogP contribution < -0.4 is 0 Å². The quantitative estimate of drug-likeness (QED) is 0.601. The van der Waals surface area contributed by atoms with Gasteiger partial charge < -0.3 is 0 Å². The predicted molar refractivity (Wildman–Crippen MR) is 50.7 cm³/mol. The molecule has 0 aromatic carbocycles. The Labute approximate surface area is 69.7 Å². The first kappa shape index (κ1) is 8.69. The van der Waals surface area contributed by atoms with Crippen molar-refractivity contribution in [2.24, 2.45) is 0 Å². The van der Waals surface area contributed by atoms with Crippen LogP contribution in [0.1, 0.15) is 19.3 Å². The number of hydrogen-bond acceptors (Lipinski definition) is 1. The van der Waals surface area contributed by atoms with Crippen molar-refractivity contribution < 1.29 is 0 Å². The predicted octanol–water partition coefficient (Wildman–Crippen LogP) is 2.61. The molecular weight excluding hydrogens is 166 g/mol. The van der Waals surface area contributed by atoms with Crippen LogP contribution in [-0.2, 0) is 0 Å². The summed E-state index contributed by atoms with van der Waals surface area (Å²) in [6, 6.07) is 0. The minimum atomic E-state index is -0.920. The van der Waals surface area contributed by atoms with E-state index >= 15 is 0 Å². The van der Waals surface area contributed by atoms with Crippen molar-refractivity contribution >= 4 is 20.1 Å². The first-order chi connectivity index (χ1) is 4.61.